The molecule has 1 aliphatic carbocycles. The zero-order valence-corrected chi connectivity index (χ0v) is 17.3. The van der Waals surface area contributed by atoms with Crippen molar-refractivity contribution in [2.24, 2.45) is 11.8 Å². The van der Waals surface area contributed by atoms with E-state index in [4.69, 9.17) is 9.84 Å². The molecule has 1 N–H and O–H groups in total. The Balaban J connectivity index is 1.57. The topological polar surface area (TPSA) is 69.0 Å². The van der Waals surface area contributed by atoms with E-state index in [-0.39, 0.29) is 5.91 Å². The summed E-state index contributed by atoms with van der Waals surface area (Å²) in [4.78, 5) is 16.9. The van der Waals surface area contributed by atoms with Crippen molar-refractivity contribution in [2.75, 3.05) is 12.4 Å². The van der Waals surface area contributed by atoms with Gasteiger partial charge in [-0.1, -0.05) is 13.8 Å². The van der Waals surface area contributed by atoms with Crippen LogP contribution in [0.15, 0.2) is 30.0 Å². The van der Waals surface area contributed by atoms with Crippen LogP contribution in [0.4, 0.5) is 5.69 Å². The number of hydrogen-bond acceptors (Lipinski definition) is 5. The normalized spacial score (nSPS) is 19.9. The maximum Gasteiger partial charge on any atom is 0.267 e. The quantitative estimate of drug-likeness (QED) is 0.646. The number of hydrogen-bond donors (Lipinski definition) is 1. The molecular formula is C21H26N4O2S. The molecule has 3 aromatic rings. The van der Waals surface area contributed by atoms with Gasteiger partial charge >= 0.3 is 0 Å². The molecule has 1 fully saturated rings. The van der Waals surface area contributed by atoms with Gasteiger partial charge in [-0.25, -0.2) is 0 Å². The summed E-state index contributed by atoms with van der Waals surface area (Å²) in [5.41, 5.74) is 3.18. The minimum atomic E-state index is -0.181. The largest absolute Gasteiger partial charge is 0.494 e. The van der Waals surface area contributed by atoms with Gasteiger partial charge in [0.05, 0.1) is 36.1 Å². The zero-order chi connectivity index (χ0) is 19.7. The highest BCUT2D eigenvalue weighted by Gasteiger charge is 2.25. The van der Waals surface area contributed by atoms with Crippen molar-refractivity contribution in [2.45, 2.75) is 45.6 Å². The summed E-state index contributed by atoms with van der Waals surface area (Å²) in [5, 5.41) is 8.74. The molecule has 1 aliphatic rings. The van der Waals surface area contributed by atoms with Crippen LogP contribution in [0.3, 0.4) is 0 Å². The fourth-order valence-electron chi connectivity index (χ4n) is 4.07. The van der Waals surface area contributed by atoms with Crippen molar-refractivity contribution in [1.82, 2.24) is 14.8 Å². The van der Waals surface area contributed by atoms with Crippen molar-refractivity contribution >= 4 is 33.8 Å². The van der Waals surface area contributed by atoms with Gasteiger partial charge in [0.2, 0.25) is 0 Å². The van der Waals surface area contributed by atoms with E-state index >= 15 is 0 Å². The predicted molar refractivity (Wildman–Crippen MR) is 112 cm³/mol. The first kappa shape index (κ1) is 18.9. The number of rotatable bonds is 5. The van der Waals surface area contributed by atoms with Gasteiger partial charge in [0.15, 0.2) is 0 Å². The van der Waals surface area contributed by atoms with Gasteiger partial charge in [0.1, 0.15) is 10.6 Å². The molecular weight excluding hydrogens is 372 g/mol. The van der Waals surface area contributed by atoms with Crippen LogP contribution in [0.5, 0.6) is 5.75 Å². The SMILES string of the molecule is COc1cc2nn(C3CCC(C(C)C)CC3)cc2cc1NC(=O)c1cncs1. The van der Waals surface area contributed by atoms with Gasteiger partial charge in [-0.3, -0.25) is 14.5 Å². The number of nitrogens with zero attached hydrogens (tertiary/aromatic N) is 3. The molecule has 0 spiro atoms. The second-order valence-corrected chi connectivity index (χ2v) is 8.74. The fraction of sp³-hybridized carbons (Fsp3) is 0.476. The molecule has 148 valence electrons. The Kier molecular flexibility index (Phi) is 5.35. The van der Waals surface area contributed by atoms with E-state index in [0.29, 0.717) is 22.4 Å². The number of nitrogens with one attached hydrogen (secondary N) is 1. The van der Waals surface area contributed by atoms with Crippen molar-refractivity contribution < 1.29 is 9.53 Å². The van der Waals surface area contributed by atoms with Crippen LogP contribution >= 0.6 is 11.3 Å². The molecule has 0 unspecified atom stereocenters. The number of carbonyl (C=O) groups is 1. The minimum absolute atomic E-state index is 0.181. The van der Waals surface area contributed by atoms with Gasteiger partial charge in [-0.05, 0) is 43.6 Å². The summed E-state index contributed by atoms with van der Waals surface area (Å²) in [7, 11) is 1.60. The Labute approximate surface area is 168 Å². The Morgan fingerprint density at radius 2 is 2.07 bits per heavy atom. The molecule has 1 aromatic carbocycles. The summed E-state index contributed by atoms with van der Waals surface area (Å²) in [6, 6.07) is 4.29. The highest BCUT2D eigenvalue weighted by molar-refractivity contribution is 7.11. The molecule has 7 heteroatoms. The van der Waals surface area contributed by atoms with E-state index in [2.05, 4.69) is 35.0 Å². The van der Waals surface area contributed by atoms with E-state index in [0.717, 1.165) is 22.7 Å². The number of thiazole rings is 1. The van der Waals surface area contributed by atoms with Crippen LogP contribution < -0.4 is 10.1 Å². The number of aromatic nitrogens is 3. The van der Waals surface area contributed by atoms with Crippen LogP contribution in [-0.4, -0.2) is 27.8 Å². The number of methoxy groups -OCH3 is 1. The van der Waals surface area contributed by atoms with Crippen molar-refractivity contribution in [3.05, 3.63) is 34.9 Å². The fourth-order valence-corrected chi connectivity index (χ4v) is 4.58. The molecule has 0 saturated heterocycles. The number of fused-ring (bicyclic) bond motifs is 1. The third-order valence-electron chi connectivity index (χ3n) is 5.81. The Bertz CT molecular complexity index is 956. The molecule has 1 saturated carbocycles. The molecule has 4 rings (SSSR count). The van der Waals surface area contributed by atoms with Crippen molar-refractivity contribution in [3.8, 4) is 5.75 Å². The van der Waals surface area contributed by atoms with E-state index in [9.17, 15) is 4.79 Å². The van der Waals surface area contributed by atoms with Crippen molar-refractivity contribution in [3.63, 3.8) is 0 Å². The third kappa shape index (κ3) is 3.76. The molecule has 0 bridgehead atoms. The number of benzene rings is 1. The number of anilines is 1. The molecule has 28 heavy (non-hydrogen) atoms. The lowest BCUT2D eigenvalue weighted by atomic mass is 9.80. The van der Waals surface area contributed by atoms with Gasteiger partial charge in [0.25, 0.3) is 5.91 Å². The molecule has 1 amide bonds. The van der Waals surface area contributed by atoms with Gasteiger partial charge in [-0.15, -0.1) is 11.3 Å². The molecule has 0 atom stereocenters. The lowest BCUT2D eigenvalue weighted by Gasteiger charge is -2.30. The average Bonchev–Trinajstić information content (AvgIpc) is 3.37. The summed E-state index contributed by atoms with van der Waals surface area (Å²) in [5.74, 6) is 2.01. The second-order valence-electron chi connectivity index (χ2n) is 7.85. The summed E-state index contributed by atoms with van der Waals surface area (Å²) in [6.07, 6.45) is 8.52. The maximum atomic E-state index is 12.4. The standard InChI is InChI=1S/C21H26N4O2S/c1-13(2)14-4-6-16(7-5-14)25-11-15-8-18(19(27-3)9-17(15)24-25)23-21(26)20-10-22-12-28-20/h8-14,16H,4-7H2,1-3H3,(H,23,26). The first-order chi connectivity index (χ1) is 13.5. The molecule has 0 radical (unpaired) electrons. The van der Waals surface area contributed by atoms with E-state index in [1.165, 1.54) is 37.0 Å². The van der Waals surface area contributed by atoms with Gasteiger partial charge < -0.3 is 10.1 Å². The Morgan fingerprint density at radius 3 is 2.71 bits per heavy atom. The third-order valence-corrected chi connectivity index (χ3v) is 6.58. The lowest BCUT2D eigenvalue weighted by Crippen LogP contribution is -2.21. The zero-order valence-electron chi connectivity index (χ0n) is 16.5. The minimum Gasteiger partial charge on any atom is -0.494 e. The Hall–Kier alpha value is -2.41. The molecule has 0 aliphatic heterocycles. The summed E-state index contributed by atoms with van der Waals surface area (Å²) in [6.45, 7) is 4.64. The maximum absolute atomic E-state index is 12.4. The molecule has 2 heterocycles. The van der Waals surface area contributed by atoms with E-state index in [1.807, 2.05) is 12.1 Å². The monoisotopic (exact) mass is 398 g/mol. The van der Waals surface area contributed by atoms with Crippen LogP contribution in [0.2, 0.25) is 0 Å². The number of amides is 1. The first-order valence-electron chi connectivity index (χ1n) is 9.82. The van der Waals surface area contributed by atoms with E-state index < -0.39 is 0 Å². The van der Waals surface area contributed by atoms with Crippen LogP contribution in [0.1, 0.15) is 55.2 Å². The van der Waals surface area contributed by atoms with Gasteiger partial charge in [0, 0.05) is 17.6 Å². The van der Waals surface area contributed by atoms with Crippen LogP contribution in [-0.2, 0) is 0 Å². The molecule has 2 aromatic heterocycles. The van der Waals surface area contributed by atoms with E-state index in [1.54, 1.807) is 18.8 Å². The highest BCUT2D eigenvalue weighted by Crippen LogP contribution is 2.37. The summed E-state index contributed by atoms with van der Waals surface area (Å²) >= 11 is 1.31. The lowest BCUT2D eigenvalue weighted by molar-refractivity contribution is 0.103. The second kappa shape index (κ2) is 7.91. The average molecular weight is 399 g/mol. The Morgan fingerprint density at radius 1 is 1.29 bits per heavy atom. The van der Waals surface area contributed by atoms with Crippen LogP contribution in [0.25, 0.3) is 10.9 Å². The van der Waals surface area contributed by atoms with Crippen molar-refractivity contribution in [1.29, 1.82) is 0 Å². The first-order valence-corrected chi connectivity index (χ1v) is 10.7. The molecule has 6 nitrogen and oxygen atoms in total. The highest BCUT2D eigenvalue weighted by atomic mass is 32.1. The number of carbonyl (C=O) groups excluding carboxylic acids is 1. The van der Waals surface area contributed by atoms with Gasteiger partial charge in [-0.2, -0.15) is 5.10 Å². The smallest absolute Gasteiger partial charge is 0.267 e. The summed E-state index contributed by atoms with van der Waals surface area (Å²) < 4.78 is 7.60. The number of ether oxygens (including phenoxy) is 1. The van der Waals surface area contributed by atoms with Crippen LogP contribution in [0, 0.1) is 11.8 Å². The predicted octanol–water partition coefficient (Wildman–Crippen LogP) is 5.14.